The standard InChI is InChI=1S/C11H11BrFNO2S/c1-3-4-8(2)14-17(15,16)11-6-5-9(13)7-10(11)12/h1,5-8,14H,4H2,2H3. The van der Waals surface area contributed by atoms with Gasteiger partial charge in [-0.2, -0.15) is 0 Å². The molecule has 0 aliphatic heterocycles. The fourth-order valence-corrected chi connectivity index (χ4v) is 3.53. The first-order valence-corrected chi connectivity index (χ1v) is 7.05. The van der Waals surface area contributed by atoms with Gasteiger partial charge < -0.3 is 0 Å². The van der Waals surface area contributed by atoms with Gasteiger partial charge in [0.2, 0.25) is 10.0 Å². The van der Waals surface area contributed by atoms with Crippen LogP contribution in [0.2, 0.25) is 0 Å². The van der Waals surface area contributed by atoms with Gasteiger partial charge in [-0.15, -0.1) is 12.3 Å². The minimum Gasteiger partial charge on any atom is -0.207 e. The molecule has 0 fully saturated rings. The monoisotopic (exact) mass is 319 g/mol. The maximum absolute atomic E-state index is 12.8. The van der Waals surface area contributed by atoms with Crippen molar-refractivity contribution < 1.29 is 12.8 Å². The quantitative estimate of drug-likeness (QED) is 0.865. The van der Waals surface area contributed by atoms with E-state index in [1.54, 1.807) is 6.92 Å². The molecule has 0 aliphatic carbocycles. The third-order valence-corrected chi connectivity index (χ3v) is 4.53. The van der Waals surface area contributed by atoms with Crippen molar-refractivity contribution in [1.82, 2.24) is 4.72 Å². The van der Waals surface area contributed by atoms with Crippen LogP contribution >= 0.6 is 15.9 Å². The molecule has 1 aromatic rings. The van der Waals surface area contributed by atoms with Crippen LogP contribution in [-0.4, -0.2) is 14.5 Å². The van der Waals surface area contributed by atoms with E-state index in [-0.39, 0.29) is 21.8 Å². The summed E-state index contributed by atoms with van der Waals surface area (Å²) in [6.07, 6.45) is 5.38. The highest BCUT2D eigenvalue weighted by Gasteiger charge is 2.19. The summed E-state index contributed by atoms with van der Waals surface area (Å²) in [7, 11) is -3.69. The molecular weight excluding hydrogens is 309 g/mol. The Morgan fingerprint density at radius 2 is 2.24 bits per heavy atom. The fourth-order valence-electron chi connectivity index (χ4n) is 1.24. The van der Waals surface area contributed by atoms with Crippen molar-refractivity contribution in [3.8, 4) is 12.3 Å². The number of terminal acetylenes is 1. The minimum absolute atomic E-state index is 0.0113. The second-order valence-electron chi connectivity index (χ2n) is 3.51. The largest absolute Gasteiger partial charge is 0.241 e. The summed E-state index contributed by atoms with van der Waals surface area (Å²) in [5, 5.41) is 0. The Morgan fingerprint density at radius 3 is 2.76 bits per heavy atom. The van der Waals surface area contributed by atoms with Crippen LogP contribution in [-0.2, 0) is 10.0 Å². The van der Waals surface area contributed by atoms with Gasteiger partial charge in [-0.1, -0.05) is 0 Å². The van der Waals surface area contributed by atoms with Crippen LogP contribution in [0.1, 0.15) is 13.3 Å². The molecule has 0 saturated heterocycles. The van der Waals surface area contributed by atoms with Gasteiger partial charge in [0.1, 0.15) is 5.82 Å². The molecule has 3 nitrogen and oxygen atoms in total. The number of sulfonamides is 1. The van der Waals surface area contributed by atoms with Gasteiger partial charge in [-0.05, 0) is 41.1 Å². The Bertz CT molecular complexity index is 551. The molecule has 0 bridgehead atoms. The second-order valence-corrected chi connectivity index (χ2v) is 6.04. The molecule has 1 N–H and O–H groups in total. The lowest BCUT2D eigenvalue weighted by Gasteiger charge is -2.12. The van der Waals surface area contributed by atoms with Gasteiger partial charge in [0, 0.05) is 16.9 Å². The lowest BCUT2D eigenvalue weighted by molar-refractivity contribution is 0.562. The second kappa shape index (κ2) is 5.63. The van der Waals surface area contributed by atoms with E-state index in [0.717, 1.165) is 12.1 Å². The van der Waals surface area contributed by atoms with E-state index in [9.17, 15) is 12.8 Å². The van der Waals surface area contributed by atoms with E-state index in [1.165, 1.54) is 6.07 Å². The maximum atomic E-state index is 12.8. The van der Waals surface area contributed by atoms with Crippen LogP contribution in [0, 0.1) is 18.2 Å². The Kier molecular flexibility index (Phi) is 4.69. The molecule has 0 spiro atoms. The number of halogens is 2. The number of nitrogens with one attached hydrogen (secondary N) is 1. The third kappa shape index (κ3) is 3.80. The Balaban J connectivity index is 3.02. The summed E-state index contributed by atoms with van der Waals surface area (Å²) in [6, 6.07) is 3.01. The van der Waals surface area contributed by atoms with Crippen LogP contribution < -0.4 is 4.72 Å². The number of rotatable bonds is 4. The lowest BCUT2D eigenvalue weighted by atomic mass is 10.3. The van der Waals surface area contributed by atoms with E-state index in [0.29, 0.717) is 0 Å². The van der Waals surface area contributed by atoms with Crippen molar-refractivity contribution in [3.05, 3.63) is 28.5 Å². The Hall–Kier alpha value is -0.900. The molecule has 0 aromatic heterocycles. The highest BCUT2D eigenvalue weighted by molar-refractivity contribution is 9.10. The van der Waals surface area contributed by atoms with Gasteiger partial charge in [0.15, 0.2) is 0 Å². The van der Waals surface area contributed by atoms with Gasteiger partial charge >= 0.3 is 0 Å². The molecule has 0 saturated carbocycles. The van der Waals surface area contributed by atoms with E-state index in [1.807, 2.05) is 0 Å². The van der Waals surface area contributed by atoms with Gasteiger partial charge in [0.05, 0.1) is 4.90 Å². The van der Waals surface area contributed by atoms with E-state index in [4.69, 9.17) is 6.42 Å². The van der Waals surface area contributed by atoms with Crippen molar-refractivity contribution in [2.24, 2.45) is 0 Å². The predicted molar refractivity (Wildman–Crippen MR) is 67.3 cm³/mol. The average Bonchev–Trinajstić information content (AvgIpc) is 2.15. The highest BCUT2D eigenvalue weighted by Crippen LogP contribution is 2.22. The molecule has 1 unspecified atom stereocenters. The first-order chi connectivity index (χ1) is 7.86. The van der Waals surface area contributed by atoms with Gasteiger partial charge in [0.25, 0.3) is 0 Å². The zero-order valence-electron chi connectivity index (χ0n) is 9.07. The molecule has 6 heteroatoms. The van der Waals surface area contributed by atoms with Crippen molar-refractivity contribution in [3.63, 3.8) is 0 Å². The summed E-state index contributed by atoms with van der Waals surface area (Å²) in [5.41, 5.74) is 0. The van der Waals surface area contributed by atoms with E-state index < -0.39 is 15.8 Å². The molecule has 1 atom stereocenters. The maximum Gasteiger partial charge on any atom is 0.241 e. The summed E-state index contributed by atoms with van der Waals surface area (Å²) < 4.78 is 39.3. The predicted octanol–water partition coefficient (Wildman–Crippen LogP) is 2.28. The van der Waals surface area contributed by atoms with Crippen molar-refractivity contribution in [1.29, 1.82) is 0 Å². The summed E-state index contributed by atoms with van der Waals surface area (Å²) in [5.74, 6) is 1.86. The van der Waals surface area contributed by atoms with E-state index in [2.05, 4.69) is 26.6 Å². The van der Waals surface area contributed by atoms with Gasteiger partial charge in [-0.3, -0.25) is 0 Å². The molecule has 0 amide bonds. The van der Waals surface area contributed by atoms with Crippen LogP contribution in [0.25, 0.3) is 0 Å². The fraction of sp³-hybridized carbons (Fsp3) is 0.273. The molecule has 0 aliphatic rings. The highest BCUT2D eigenvalue weighted by atomic mass is 79.9. The molecule has 0 heterocycles. The zero-order valence-corrected chi connectivity index (χ0v) is 11.5. The molecular formula is C11H11BrFNO2S. The first-order valence-electron chi connectivity index (χ1n) is 4.77. The average molecular weight is 320 g/mol. The van der Waals surface area contributed by atoms with Crippen LogP contribution in [0.4, 0.5) is 4.39 Å². The minimum atomic E-state index is -3.69. The van der Waals surface area contributed by atoms with Gasteiger partial charge in [-0.25, -0.2) is 17.5 Å². The summed E-state index contributed by atoms with van der Waals surface area (Å²) in [4.78, 5) is -0.0113. The topological polar surface area (TPSA) is 46.2 Å². The Labute approximate surface area is 109 Å². The molecule has 1 rings (SSSR count). The van der Waals surface area contributed by atoms with Crippen LogP contribution in [0.5, 0.6) is 0 Å². The van der Waals surface area contributed by atoms with Crippen molar-refractivity contribution in [2.45, 2.75) is 24.3 Å². The SMILES string of the molecule is C#CCC(C)NS(=O)(=O)c1ccc(F)cc1Br. The summed E-state index contributed by atoms with van der Waals surface area (Å²) >= 11 is 3.01. The van der Waals surface area contributed by atoms with E-state index >= 15 is 0 Å². The van der Waals surface area contributed by atoms with Crippen molar-refractivity contribution >= 4 is 26.0 Å². The third-order valence-electron chi connectivity index (χ3n) is 1.96. The lowest BCUT2D eigenvalue weighted by Crippen LogP contribution is -2.32. The number of benzene rings is 1. The molecule has 1 aromatic carbocycles. The van der Waals surface area contributed by atoms with Crippen molar-refractivity contribution in [2.75, 3.05) is 0 Å². The molecule has 17 heavy (non-hydrogen) atoms. The summed E-state index contributed by atoms with van der Waals surface area (Å²) in [6.45, 7) is 1.66. The molecule has 92 valence electrons. The zero-order chi connectivity index (χ0) is 13.1. The smallest absolute Gasteiger partial charge is 0.207 e. The Morgan fingerprint density at radius 1 is 1.59 bits per heavy atom. The van der Waals surface area contributed by atoms with Crippen LogP contribution in [0.3, 0.4) is 0 Å². The number of hydrogen-bond donors (Lipinski definition) is 1. The first kappa shape index (κ1) is 14.2. The normalized spacial score (nSPS) is 13.1. The van der Waals surface area contributed by atoms with Crippen LogP contribution in [0.15, 0.2) is 27.6 Å². The number of hydrogen-bond acceptors (Lipinski definition) is 2. The molecule has 0 radical (unpaired) electrons.